The zero-order valence-corrected chi connectivity index (χ0v) is 16.1. The number of nitrogens with zero attached hydrogens (tertiary/aromatic N) is 3. The molecule has 0 radical (unpaired) electrons. The molecular formula is C14H28N4O5Si. The van der Waals surface area contributed by atoms with Gasteiger partial charge in [0.05, 0.1) is 19.4 Å². The molecule has 0 aliphatic heterocycles. The molecule has 0 aliphatic rings. The molecule has 0 fully saturated rings. The third-order valence-electron chi connectivity index (χ3n) is 2.70. The predicted molar refractivity (Wildman–Crippen MR) is 91.3 cm³/mol. The van der Waals surface area contributed by atoms with Crippen molar-refractivity contribution in [3.8, 4) is 12.0 Å². The van der Waals surface area contributed by atoms with Crippen LogP contribution in [0.4, 0.5) is 5.95 Å². The van der Waals surface area contributed by atoms with Gasteiger partial charge in [-0.25, -0.2) is 0 Å². The lowest BCUT2D eigenvalue weighted by molar-refractivity contribution is 0.0740. The van der Waals surface area contributed by atoms with Crippen LogP contribution in [0, 0.1) is 0 Å². The van der Waals surface area contributed by atoms with Gasteiger partial charge in [-0.2, -0.15) is 9.97 Å². The first-order chi connectivity index (χ1) is 11.6. The zero-order chi connectivity index (χ0) is 17.8. The summed E-state index contributed by atoms with van der Waals surface area (Å²) >= 11 is 0. The summed E-state index contributed by atoms with van der Waals surface area (Å²) in [7, 11) is -2.84. The van der Waals surface area contributed by atoms with E-state index in [4.69, 9.17) is 22.8 Å². The predicted octanol–water partition coefficient (Wildman–Crippen LogP) is 1.67. The summed E-state index contributed by atoms with van der Waals surface area (Å²) < 4.78 is 28.0. The van der Waals surface area contributed by atoms with Crippen LogP contribution in [0.3, 0.4) is 0 Å². The fourth-order valence-electron chi connectivity index (χ4n) is 1.93. The van der Waals surface area contributed by atoms with Crippen molar-refractivity contribution in [1.29, 1.82) is 0 Å². The molecule has 10 heteroatoms. The van der Waals surface area contributed by atoms with Crippen LogP contribution in [0.1, 0.15) is 34.6 Å². The minimum absolute atomic E-state index is 0.204. The van der Waals surface area contributed by atoms with Crippen LogP contribution in [0.15, 0.2) is 0 Å². The standard InChI is InChI=1S/C14H28N4O5Si/c1-6-19-13-16-12(17-14(18-13)20-7-2)15-11-24(21-8-3,22-9-4)23-10-5/h6-11H2,1-5H3,(H,15,16,17,18). The molecule has 138 valence electrons. The largest absolute Gasteiger partial charge is 0.521 e. The smallest absolute Gasteiger partial charge is 0.464 e. The molecule has 1 aromatic heterocycles. The van der Waals surface area contributed by atoms with E-state index in [9.17, 15) is 0 Å². The van der Waals surface area contributed by atoms with Crippen molar-refractivity contribution in [1.82, 2.24) is 15.0 Å². The maximum Gasteiger partial charge on any atom is 0.521 e. The van der Waals surface area contributed by atoms with E-state index in [1.807, 2.05) is 34.6 Å². The quantitative estimate of drug-likeness (QED) is 0.527. The summed E-state index contributed by atoms with van der Waals surface area (Å²) in [5, 5.41) is 3.10. The number of aromatic nitrogens is 3. The van der Waals surface area contributed by atoms with Crippen LogP contribution in [-0.4, -0.2) is 63.0 Å². The van der Waals surface area contributed by atoms with E-state index in [2.05, 4.69) is 20.3 Å². The molecule has 0 aromatic carbocycles. The van der Waals surface area contributed by atoms with Crippen molar-refractivity contribution >= 4 is 14.8 Å². The molecule has 0 unspecified atom stereocenters. The lowest BCUT2D eigenvalue weighted by atomic mass is 10.8. The number of hydrogen-bond donors (Lipinski definition) is 1. The first-order valence-corrected chi connectivity index (χ1v) is 10.2. The normalized spacial score (nSPS) is 11.4. The van der Waals surface area contributed by atoms with E-state index >= 15 is 0 Å². The van der Waals surface area contributed by atoms with Gasteiger partial charge in [-0.15, -0.1) is 4.98 Å². The Labute approximate surface area is 144 Å². The molecular weight excluding hydrogens is 332 g/mol. The Morgan fingerprint density at radius 3 is 1.54 bits per heavy atom. The van der Waals surface area contributed by atoms with Gasteiger partial charge in [-0.1, -0.05) is 0 Å². The highest BCUT2D eigenvalue weighted by Gasteiger charge is 2.40. The topological polar surface area (TPSA) is 96.9 Å². The third-order valence-corrected chi connectivity index (χ3v) is 5.49. The maximum atomic E-state index is 5.79. The van der Waals surface area contributed by atoms with E-state index in [0.717, 1.165) is 0 Å². The monoisotopic (exact) mass is 360 g/mol. The van der Waals surface area contributed by atoms with Crippen LogP contribution in [0.25, 0.3) is 0 Å². The molecule has 1 heterocycles. The number of rotatable bonds is 13. The van der Waals surface area contributed by atoms with Gasteiger partial charge in [0, 0.05) is 19.8 Å². The van der Waals surface area contributed by atoms with Gasteiger partial charge < -0.3 is 28.1 Å². The van der Waals surface area contributed by atoms with Gasteiger partial charge in [0.1, 0.15) is 0 Å². The minimum atomic E-state index is -2.84. The molecule has 0 amide bonds. The van der Waals surface area contributed by atoms with Crippen molar-refractivity contribution in [2.45, 2.75) is 34.6 Å². The molecule has 0 aliphatic carbocycles. The van der Waals surface area contributed by atoms with E-state index < -0.39 is 8.80 Å². The Balaban J connectivity index is 2.91. The van der Waals surface area contributed by atoms with Crippen molar-refractivity contribution in [3.63, 3.8) is 0 Å². The van der Waals surface area contributed by atoms with Crippen LogP contribution in [0.2, 0.25) is 0 Å². The van der Waals surface area contributed by atoms with Gasteiger partial charge in [-0.05, 0) is 34.6 Å². The van der Waals surface area contributed by atoms with E-state index in [1.54, 1.807) is 0 Å². The number of anilines is 1. The summed E-state index contributed by atoms with van der Waals surface area (Å²) in [6.45, 7) is 11.8. The maximum absolute atomic E-state index is 5.79. The number of nitrogens with one attached hydrogen (secondary N) is 1. The highest BCUT2D eigenvalue weighted by molar-refractivity contribution is 6.61. The van der Waals surface area contributed by atoms with Crippen molar-refractivity contribution < 1.29 is 22.8 Å². The van der Waals surface area contributed by atoms with Gasteiger partial charge in [0.2, 0.25) is 5.95 Å². The number of hydrogen-bond acceptors (Lipinski definition) is 9. The average Bonchev–Trinajstić information content (AvgIpc) is 2.54. The first kappa shape index (κ1) is 20.6. The van der Waals surface area contributed by atoms with Gasteiger partial charge in [0.25, 0.3) is 0 Å². The van der Waals surface area contributed by atoms with Gasteiger partial charge >= 0.3 is 20.8 Å². The SMILES string of the molecule is CCOc1nc(NC[Si](OCC)(OCC)OCC)nc(OCC)n1. The molecule has 0 bridgehead atoms. The summed E-state index contributed by atoms with van der Waals surface area (Å²) in [5.74, 6) is 0.327. The van der Waals surface area contributed by atoms with Gasteiger partial charge in [0.15, 0.2) is 0 Å². The fraction of sp³-hybridized carbons (Fsp3) is 0.786. The highest BCUT2D eigenvalue weighted by atomic mass is 28.4. The average molecular weight is 360 g/mol. The molecule has 0 saturated carbocycles. The van der Waals surface area contributed by atoms with Crippen molar-refractivity contribution in [3.05, 3.63) is 0 Å². The summed E-state index contributed by atoms with van der Waals surface area (Å²) in [5.41, 5.74) is 0. The van der Waals surface area contributed by atoms with Crippen molar-refractivity contribution in [2.75, 3.05) is 44.5 Å². The first-order valence-electron chi connectivity index (χ1n) is 8.30. The molecule has 1 rings (SSSR count). The Hall–Kier alpha value is -1.49. The summed E-state index contributed by atoms with van der Waals surface area (Å²) in [6.07, 6.45) is 0.337. The van der Waals surface area contributed by atoms with Gasteiger partial charge in [-0.3, -0.25) is 0 Å². The molecule has 9 nitrogen and oxygen atoms in total. The molecule has 24 heavy (non-hydrogen) atoms. The molecule has 1 aromatic rings. The second-order valence-corrected chi connectivity index (χ2v) is 7.01. The fourth-order valence-corrected chi connectivity index (χ4v) is 4.18. The van der Waals surface area contributed by atoms with Crippen molar-refractivity contribution in [2.24, 2.45) is 0 Å². The van der Waals surface area contributed by atoms with E-state index in [1.165, 1.54) is 0 Å². The Bertz CT molecular complexity index is 439. The molecule has 0 atom stereocenters. The van der Waals surface area contributed by atoms with Crippen LogP contribution < -0.4 is 14.8 Å². The van der Waals surface area contributed by atoms with E-state index in [0.29, 0.717) is 45.2 Å². The van der Waals surface area contributed by atoms with Crippen LogP contribution in [0.5, 0.6) is 12.0 Å². The van der Waals surface area contributed by atoms with Crippen LogP contribution >= 0.6 is 0 Å². The second-order valence-electron chi connectivity index (χ2n) is 4.43. The van der Waals surface area contributed by atoms with Crippen LogP contribution in [-0.2, 0) is 13.3 Å². The lowest BCUT2D eigenvalue weighted by Gasteiger charge is -2.28. The zero-order valence-electron chi connectivity index (χ0n) is 15.1. The second kappa shape index (κ2) is 11.1. The number of ether oxygens (including phenoxy) is 2. The summed E-state index contributed by atoms with van der Waals surface area (Å²) in [4.78, 5) is 12.5. The highest BCUT2D eigenvalue weighted by Crippen LogP contribution is 2.15. The molecule has 0 saturated heterocycles. The third kappa shape index (κ3) is 6.55. The lowest BCUT2D eigenvalue weighted by Crippen LogP contribution is -2.52. The summed E-state index contributed by atoms with van der Waals surface area (Å²) in [6, 6.07) is 0.407. The minimum Gasteiger partial charge on any atom is -0.464 e. The molecule has 1 N–H and O–H groups in total. The Morgan fingerprint density at radius 2 is 1.17 bits per heavy atom. The Kier molecular flexibility index (Phi) is 9.53. The van der Waals surface area contributed by atoms with E-state index in [-0.39, 0.29) is 12.0 Å². The Morgan fingerprint density at radius 1 is 0.708 bits per heavy atom. The molecule has 0 spiro atoms.